The van der Waals surface area contributed by atoms with E-state index < -0.39 is 23.8 Å². The molecular formula is C15H17F2N3O2. The molecule has 0 aliphatic carbocycles. The average molecular weight is 309 g/mol. The first-order valence-electron chi connectivity index (χ1n) is 7.25. The third-order valence-electron chi connectivity index (χ3n) is 3.85. The summed E-state index contributed by atoms with van der Waals surface area (Å²) in [6.07, 6.45) is 0.383. The molecule has 0 radical (unpaired) electrons. The topological polar surface area (TPSA) is 62.4 Å². The fourth-order valence-electron chi connectivity index (χ4n) is 2.82. The van der Waals surface area contributed by atoms with Crippen molar-refractivity contribution in [2.45, 2.75) is 38.5 Å². The van der Waals surface area contributed by atoms with E-state index in [2.05, 4.69) is 10.2 Å². The molecule has 7 heteroatoms. The van der Waals surface area contributed by atoms with E-state index in [1.165, 1.54) is 6.07 Å². The second-order valence-electron chi connectivity index (χ2n) is 5.44. The Morgan fingerprint density at radius 1 is 1.32 bits per heavy atom. The van der Waals surface area contributed by atoms with Crippen molar-refractivity contribution in [2.24, 2.45) is 0 Å². The molecule has 0 bridgehead atoms. The number of benzene rings is 1. The predicted molar refractivity (Wildman–Crippen MR) is 73.8 cm³/mol. The average Bonchev–Trinajstić information content (AvgIpc) is 3.08. The van der Waals surface area contributed by atoms with Crippen LogP contribution in [0.15, 0.2) is 22.6 Å². The minimum atomic E-state index is -0.596. The van der Waals surface area contributed by atoms with Gasteiger partial charge in [-0.05, 0) is 24.6 Å². The summed E-state index contributed by atoms with van der Waals surface area (Å²) >= 11 is 0. The van der Waals surface area contributed by atoms with Crippen molar-refractivity contribution >= 4 is 0 Å². The molecule has 2 heterocycles. The van der Waals surface area contributed by atoms with E-state index in [0.717, 1.165) is 12.1 Å². The van der Waals surface area contributed by atoms with Gasteiger partial charge in [0.1, 0.15) is 11.6 Å². The zero-order valence-corrected chi connectivity index (χ0v) is 12.2. The lowest BCUT2D eigenvalue weighted by Crippen LogP contribution is -2.25. The van der Waals surface area contributed by atoms with Crippen LogP contribution in [0.3, 0.4) is 0 Å². The lowest BCUT2D eigenvalue weighted by Gasteiger charge is -2.23. The maximum absolute atomic E-state index is 14.0. The molecule has 1 aromatic carbocycles. The van der Waals surface area contributed by atoms with Crippen molar-refractivity contribution in [3.05, 3.63) is 47.2 Å². The second kappa shape index (κ2) is 6.10. The van der Waals surface area contributed by atoms with Gasteiger partial charge in [-0.15, -0.1) is 10.2 Å². The molecule has 1 N–H and O–H groups in total. The Bertz CT molecular complexity index is 662. The molecule has 2 aromatic rings. The highest BCUT2D eigenvalue weighted by Crippen LogP contribution is 2.34. The van der Waals surface area contributed by atoms with Crippen molar-refractivity contribution in [3.8, 4) is 0 Å². The molecule has 0 spiro atoms. The number of rotatable bonds is 4. The molecule has 118 valence electrons. The van der Waals surface area contributed by atoms with E-state index in [4.69, 9.17) is 4.42 Å². The second-order valence-corrected chi connectivity index (χ2v) is 5.44. The van der Waals surface area contributed by atoms with E-state index in [0.29, 0.717) is 37.7 Å². The summed E-state index contributed by atoms with van der Waals surface area (Å²) < 4.78 is 32.9. The molecule has 1 aromatic heterocycles. The summed E-state index contributed by atoms with van der Waals surface area (Å²) in [6, 6.07) is 2.95. The Labute approximate surface area is 126 Å². The number of nitrogens with zero attached hydrogens (tertiary/aromatic N) is 3. The van der Waals surface area contributed by atoms with Gasteiger partial charge in [0.15, 0.2) is 0 Å². The van der Waals surface area contributed by atoms with E-state index in [1.54, 1.807) is 0 Å². The highest BCUT2D eigenvalue weighted by molar-refractivity contribution is 5.24. The van der Waals surface area contributed by atoms with Crippen LogP contribution in [0.2, 0.25) is 0 Å². The quantitative estimate of drug-likeness (QED) is 0.938. The van der Waals surface area contributed by atoms with Crippen LogP contribution in [0.25, 0.3) is 0 Å². The maximum Gasteiger partial charge on any atom is 0.230 e. The summed E-state index contributed by atoms with van der Waals surface area (Å²) in [6.45, 7) is 2.55. The SMILES string of the molecule is CCc1nnc(CN2C[C@H](O)C[C@@H]2c2cc(F)ccc2F)o1. The maximum atomic E-state index is 14.0. The van der Waals surface area contributed by atoms with Crippen LogP contribution in [-0.4, -0.2) is 32.9 Å². The predicted octanol–water partition coefficient (Wildman–Crippen LogP) is 2.22. The van der Waals surface area contributed by atoms with Crippen LogP contribution in [0.5, 0.6) is 0 Å². The van der Waals surface area contributed by atoms with Gasteiger partial charge in [-0.25, -0.2) is 8.78 Å². The molecule has 1 fully saturated rings. The normalized spacial score (nSPS) is 22.4. The van der Waals surface area contributed by atoms with Gasteiger partial charge in [0.25, 0.3) is 0 Å². The number of aromatic nitrogens is 2. The molecule has 0 saturated carbocycles. The van der Waals surface area contributed by atoms with E-state index in [-0.39, 0.29) is 5.56 Å². The number of halogens is 2. The van der Waals surface area contributed by atoms with Crippen molar-refractivity contribution in [1.29, 1.82) is 0 Å². The van der Waals surface area contributed by atoms with Gasteiger partial charge in [0.05, 0.1) is 12.6 Å². The lowest BCUT2D eigenvalue weighted by atomic mass is 10.0. The fourth-order valence-corrected chi connectivity index (χ4v) is 2.82. The summed E-state index contributed by atoms with van der Waals surface area (Å²) in [4.78, 5) is 1.83. The van der Waals surface area contributed by atoms with Crippen molar-refractivity contribution in [1.82, 2.24) is 15.1 Å². The highest BCUT2D eigenvalue weighted by atomic mass is 19.1. The Morgan fingerprint density at radius 3 is 2.82 bits per heavy atom. The van der Waals surface area contributed by atoms with Crippen LogP contribution in [0.1, 0.15) is 36.7 Å². The van der Waals surface area contributed by atoms with Crippen molar-refractivity contribution < 1.29 is 18.3 Å². The number of aliphatic hydroxyl groups is 1. The molecule has 3 rings (SSSR count). The van der Waals surface area contributed by atoms with Crippen molar-refractivity contribution in [2.75, 3.05) is 6.54 Å². The molecule has 1 saturated heterocycles. The van der Waals surface area contributed by atoms with E-state index >= 15 is 0 Å². The first-order chi connectivity index (χ1) is 10.6. The van der Waals surface area contributed by atoms with Crippen LogP contribution < -0.4 is 0 Å². The zero-order chi connectivity index (χ0) is 15.7. The van der Waals surface area contributed by atoms with E-state index in [1.807, 2.05) is 11.8 Å². The first-order valence-corrected chi connectivity index (χ1v) is 7.25. The van der Waals surface area contributed by atoms with Gasteiger partial charge in [-0.2, -0.15) is 0 Å². The minimum absolute atomic E-state index is 0.242. The molecule has 0 amide bonds. The molecule has 0 unspecified atom stereocenters. The van der Waals surface area contributed by atoms with Gasteiger partial charge in [-0.1, -0.05) is 6.92 Å². The third-order valence-corrected chi connectivity index (χ3v) is 3.85. The van der Waals surface area contributed by atoms with Gasteiger partial charge < -0.3 is 9.52 Å². The van der Waals surface area contributed by atoms with Gasteiger partial charge in [-0.3, -0.25) is 4.90 Å². The fraction of sp³-hybridized carbons (Fsp3) is 0.467. The van der Waals surface area contributed by atoms with Crippen LogP contribution in [0.4, 0.5) is 8.78 Å². The number of hydrogen-bond donors (Lipinski definition) is 1. The monoisotopic (exact) mass is 309 g/mol. The van der Waals surface area contributed by atoms with Crippen LogP contribution in [-0.2, 0) is 13.0 Å². The number of hydrogen-bond acceptors (Lipinski definition) is 5. The summed E-state index contributed by atoms with van der Waals surface area (Å²) in [5.41, 5.74) is 0.242. The Morgan fingerprint density at radius 2 is 2.09 bits per heavy atom. The van der Waals surface area contributed by atoms with E-state index in [9.17, 15) is 13.9 Å². The molecule has 1 aliphatic rings. The Hall–Kier alpha value is -1.86. The standard InChI is InChI=1S/C15H17F2N3O2/c1-2-14-18-19-15(22-14)8-20-7-10(21)6-13(20)11-5-9(16)3-4-12(11)17/h3-5,10,13,21H,2,6-8H2,1H3/t10-,13-/m1/s1. The third kappa shape index (κ3) is 3.00. The number of aliphatic hydroxyl groups excluding tert-OH is 1. The van der Waals surface area contributed by atoms with Crippen molar-refractivity contribution in [3.63, 3.8) is 0 Å². The molecule has 22 heavy (non-hydrogen) atoms. The smallest absolute Gasteiger partial charge is 0.230 e. The Kier molecular flexibility index (Phi) is 4.17. The number of likely N-dealkylation sites (tertiary alicyclic amines) is 1. The van der Waals surface area contributed by atoms with Gasteiger partial charge in [0.2, 0.25) is 11.8 Å². The summed E-state index contributed by atoms with van der Waals surface area (Å²) in [5, 5.41) is 17.7. The van der Waals surface area contributed by atoms with Crippen LogP contribution in [0, 0.1) is 11.6 Å². The molecule has 1 aliphatic heterocycles. The first kappa shape index (κ1) is 15.1. The number of aryl methyl sites for hydroxylation is 1. The largest absolute Gasteiger partial charge is 0.424 e. The molecular weight excluding hydrogens is 292 g/mol. The minimum Gasteiger partial charge on any atom is -0.424 e. The zero-order valence-electron chi connectivity index (χ0n) is 12.2. The highest BCUT2D eigenvalue weighted by Gasteiger charge is 2.34. The Balaban J connectivity index is 1.84. The molecule has 5 nitrogen and oxygen atoms in total. The number of β-amino-alcohol motifs (C(OH)–C–C–N with tert-alkyl or cyclic N) is 1. The van der Waals surface area contributed by atoms with Gasteiger partial charge in [0, 0.05) is 24.6 Å². The van der Waals surface area contributed by atoms with Gasteiger partial charge >= 0.3 is 0 Å². The lowest BCUT2D eigenvalue weighted by molar-refractivity contribution is 0.166. The molecule has 2 atom stereocenters. The van der Waals surface area contributed by atoms with Crippen LogP contribution >= 0.6 is 0 Å². The summed E-state index contributed by atoms with van der Waals surface area (Å²) in [5.74, 6) is -0.0370. The summed E-state index contributed by atoms with van der Waals surface area (Å²) in [7, 11) is 0.